The van der Waals surface area contributed by atoms with Crippen molar-refractivity contribution in [1.82, 2.24) is 0 Å². The number of nitrogens with two attached hydrogens (primary N) is 1. The van der Waals surface area contributed by atoms with Crippen molar-refractivity contribution in [1.29, 1.82) is 0 Å². The van der Waals surface area contributed by atoms with Gasteiger partial charge in [-0.25, -0.2) is 14.4 Å². The summed E-state index contributed by atoms with van der Waals surface area (Å²) in [6.45, 7) is 4.92. The lowest BCUT2D eigenvalue weighted by molar-refractivity contribution is -0.340. The first-order valence-corrected chi connectivity index (χ1v) is 41.8. The zero-order valence-electron chi connectivity index (χ0n) is 69.6. The predicted molar refractivity (Wildman–Crippen MR) is 459 cm³/mol. The van der Waals surface area contributed by atoms with E-state index in [1.807, 2.05) is 226 Å². The number of aliphatic hydroxyl groups is 4. The van der Waals surface area contributed by atoms with Gasteiger partial charge >= 0.3 is 17.9 Å². The molecule has 0 saturated carbocycles. The third-order valence-corrected chi connectivity index (χ3v) is 20.8. The first-order chi connectivity index (χ1) is 60.2. The van der Waals surface area contributed by atoms with Gasteiger partial charge in [0.25, 0.3) is 0 Å². The molecular weight excluding hydrogens is 1570 g/mol. The molecule has 23 nitrogen and oxygen atoms in total. The lowest BCUT2D eigenvalue weighted by Crippen LogP contribution is -2.61. The summed E-state index contributed by atoms with van der Waals surface area (Å²) in [4.78, 5) is 44.2. The van der Waals surface area contributed by atoms with Crippen LogP contribution in [0.15, 0.2) is 315 Å². The molecule has 16 atom stereocenters. The van der Waals surface area contributed by atoms with Gasteiger partial charge in [0.05, 0.1) is 108 Å². The van der Waals surface area contributed by atoms with Crippen molar-refractivity contribution in [2.45, 2.75) is 166 Å². The van der Waals surface area contributed by atoms with E-state index < -0.39 is 134 Å². The SMILES string of the molecule is CC(COCc1ccccc1)C(OCc1ccccc1)C(OCc1ccccc1)C(O)C(O)OC(C(O)OC1C(C)C(COCc2ccccc2)OC(O/C(COC(=O)c2ccccc2)=C(/OC(=O)c2ccccc2)C(O)OCCCCCN)C1OC(=O)c1ccccc1)C(OCc1ccccc1)C(OCc1ccccc1)C(C)COCc1ccccc1. The first kappa shape index (κ1) is 93.2. The second-order valence-corrected chi connectivity index (χ2v) is 30.3. The zero-order valence-corrected chi connectivity index (χ0v) is 69.6. The van der Waals surface area contributed by atoms with E-state index in [9.17, 15) is 30.0 Å². The molecule has 0 bridgehead atoms. The first-order valence-electron chi connectivity index (χ1n) is 41.8. The van der Waals surface area contributed by atoms with Gasteiger partial charge in [0.15, 0.2) is 31.1 Å². The molecule has 0 aromatic heterocycles. The van der Waals surface area contributed by atoms with Gasteiger partial charge < -0.3 is 97.2 Å². The number of ether oxygens (including phenoxy) is 15. The minimum atomic E-state index is -2.37. The summed E-state index contributed by atoms with van der Waals surface area (Å²) < 4.78 is 101. The lowest BCUT2D eigenvalue weighted by Gasteiger charge is -2.46. The Morgan fingerprint density at radius 3 is 1.20 bits per heavy atom. The highest BCUT2D eigenvalue weighted by Gasteiger charge is 2.53. The molecule has 10 aromatic carbocycles. The van der Waals surface area contributed by atoms with E-state index in [4.69, 9.17) is 76.8 Å². The molecule has 1 aliphatic rings. The molecule has 0 radical (unpaired) electrons. The molecule has 0 amide bonds. The number of esters is 3. The number of aliphatic hydroxyl groups excluding tert-OH is 4. The van der Waals surface area contributed by atoms with E-state index in [1.54, 1.807) is 61.5 Å². The van der Waals surface area contributed by atoms with Crippen LogP contribution < -0.4 is 5.73 Å². The Bertz CT molecular complexity index is 4640. The molecule has 11 rings (SSSR count). The topological polar surface area (TPSA) is 297 Å². The van der Waals surface area contributed by atoms with Crippen LogP contribution >= 0.6 is 0 Å². The van der Waals surface area contributed by atoms with Crippen molar-refractivity contribution in [3.05, 3.63) is 370 Å². The second-order valence-electron chi connectivity index (χ2n) is 30.3. The highest BCUT2D eigenvalue weighted by Crippen LogP contribution is 2.38. The fraction of sp³-hybridized carbons (Fsp3) is 0.350. The zero-order chi connectivity index (χ0) is 86.2. The molecule has 123 heavy (non-hydrogen) atoms. The number of carbonyl (C=O) groups excluding carboxylic acids is 3. The van der Waals surface area contributed by atoms with Crippen molar-refractivity contribution < 1.29 is 106 Å². The Morgan fingerprint density at radius 2 is 0.764 bits per heavy atom. The molecule has 1 saturated heterocycles. The molecule has 23 heteroatoms. The van der Waals surface area contributed by atoms with Gasteiger partial charge in [0.1, 0.15) is 30.5 Å². The molecule has 1 fully saturated rings. The number of carbonyl (C=O) groups is 3. The van der Waals surface area contributed by atoms with E-state index in [-0.39, 0.29) is 89.4 Å². The van der Waals surface area contributed by atoms with Crippen LogP contribution in [0.2, 0.25) is 0 Å². The van der Waals surface area contributed by atoms with Crippen LogP contribution in [0.5, 0.6) is 0 Å². The van der Waals surface area contributed by atoms with Crippen LogP contribution in [0, 0.1) is 17.8 Å². The van der Waals surface area contributed by atoms with Gasteiger partial charge in [-0.1, -0.05) is 288 Å². The van der Waals surface area contributed by atoms with Gasteiger partial charge in [-0.15, -0.1) is 0 Å². The monoisotopic (exact) mass is 1680 g/mol. The van der Waals surface area contributed by atoms with Crippen molar-refractivity contribution in [2.24, 2.45) is 23.5 Å². The van der Waals surface area contributed by atoms with Crippen LogP contribution in [0.3, 0.4) is 0 Å². The normalized spacial score (nSPS) is 18.2. The largest absolute Gasteiger partial charge is 0.458 e. The summed E-state index contributed by atoms with van der Waals surface area (Å²) in [5, 5.41) is 53.7. The van der Waals surface area contributed by atoms with E-state index >= 15 is 4.79 Å². The van der Waals surface area contributed by atoms with Crippen molar-refractivity contribution in [2.75, 3.05) is 39.6 Å². The molecule has 0 spiro atoms. The van der Waals surface area contributed by atoms with Crippen LogP contribution in [-0.4, -0.2) is 158 Å². The number of hydrogen-bond donors (Lipinski definition) is 5. The molecule has 1 heterocycles. The van der Waals surface area contributed by atoms with E-state index in [0.29, 0.717) is 31.4 Å². The average Bonchev–Trinajstić information content (AvgIpc) is 0.775. The van der Waals surface area contributed by atoms with Crippen LogP contribution in [-0.2, 0) is 117 Å². The number of benzene rings is 10. The van der Waals surface area contributed by atoms with Gasteiger partial charge in [-0.05, 0) is 101 Å². The maximum atomic E-state index is 15.3. The second kappa shape index (κ2) is 50.9. The Kier molecular flexibility index (Phi) is 38.6. The molecule has 10 aromatic rings. The lowest BCUT2D eigenvalue weighted by atomic mass is 9.90. The molecule has 0 aliphatic carbocycles. The van der Waals surface area contributed by atoms with Crippen LogP contribution in [0.25, 0.3) is 0 Å². The van der Waals surface area contributed by atoms with Crippen LogP contribution in [0.1, 0.15) is 110 Å². The summed E-state index contributed by atoms with van der Waals surface area (Å²) in [5.74, 6) is -6.40. The Labute approximate surface area is 720 Å². The highest BCUT2D eigenvalue weighted by atomic mass is 16.7. The van der Waals surface area contributed by atoms with Crippen LogP contribution in [0.4, 0.5) is 0 Å². The van der Waals surface area contributed by atoms with Crippen molar-refractivity contribution in [3.63, 3.8) is 0 Å². The highest BCUT2D eigenvalue weighted by molar-refractivity contribution is 5.91. The van der Waals surface area contributed by atoms with Gasteiger partial charge in [0, 0.05) is 17.8 Å². The molecule has 1 aliphatic heterocycles. The van der Waals surface area contributed by atoms with E-state index in [1.165, 1.54) is 36.4 Å². The smallest absolute Gasteiger partial charge is 0.343 e. The van der Waals surface area contributed by atoms with Crippen molar-refractivity contribution in [3.8, 4) is 0 Å². The summed E-state index contributed by atoms with van der Waals surface area (Å²) in [5.41, 5.74) is 11.6. The molecular formula is C100H113NO22. The Hall–Kier alpha value is -10.5. The maximum absolute atomic E-state index is 15.3. The summed E-state index contributed by atoms with van der Waals surface area (Å²) in [6, 6.07) is 90.0. The standard InChI is InChI=1S/C100H113NO22/c1-70(59-109-61-73-37-15-4-16-38-73)86(113-64-76-43-21-7-22-44-76)90(115-66-78-47-25-9-26-48-78)85(102)97(106)122-92(91(116-67-79-49-27-10-28-50-79)87(114-65-77-45-23-8-24-46-77)71(2)60-110-62-74-39-17-5-18-40-74)99(108)120-88-72(3)83(68-111-63-75-41-19-6-20-42-75)118-100(93(88)123-96(105)82-55-33-13-34-56-82)119-84(69-117-94(103)80-51-29-11-30-52-80)89(98(107)112-58-36-14-35-57-101)121-95(104)81-53-31-12-32-54-81/h4-13,15-34,37-56,70-72,83,85-88,90-93,97-100,102,106-108H,14,35-36,57-69,101H2,1-3H3/b89-84+. The third-order valence-electron chi connectivity index (χ3n) is 20.8. The molecule has 650 valence electrons. The summed E-state index contributed by atoms with van der Waals surface area (Å²) in [7, 11) is 0. The predicted octanol–water partition coefficient (Wildman–Crippen LogP) is 15.0. The van der Waals surface area contributed by atoms with Gasteiger partial charge in [-0.2, -0.15) is 0 Å². The molecule has 16 unspecified atom stereocenters. The number of rotatable bonds is 52. The quantitative estimate of drug-likeness (QED) is 0.00778. The minimum Gasteiger partial charge on any atom is -0.458 e. The fourth-order valence-corrected chi connectivity index (χ4v) is 14.1. The average molecular weight is 1680 g/mol. The summed E-state index contributed by atoms with van der Waals surface area (Å²) in [6.07, 6.45) is -21.3. The van der Waals surface area contributed by atoms with Crippen molar-refractivity contribution >= 4 is 17.9 Å². The Morgan fingerprint density at radius 1 is 0.390 bits per heavy atom. The number of hydrogen-bond acceptors (Lipinski definition) is 23. The summed E-state index contributed by atoms with van der Waals surface area (Å²) >= 11 is 0. The molecule has 6 N–H and O–H groups in total. The third kappa shape index (κ3) is 29.9. The number of unbranched alkanes of at least 4 members (excludes halogenated alkanes) is 2. The Balaban J connectivity index is 1.07. The van der Waals surface area contributed by atoms with E-state index in [0.717, 1.165) is 33.4 Å². The minimum absolute atomic E-state index is 0.0137. The van der Waals surface area contributed by atoms with Gasteiger partial charge in [0.2, 0.25) is 18.3 Å². The maximum Gasteiger partial charge on any atom is 0.343 e. The fourth-order valence-electron chi connectivity index (χ4n) is 14.1. The van der Waals surface area contributed by atoms with E-state index in [2.05, 4.69) is 0 Å². The van der Waals surface area contributed by atoms with Gasteiger partial charge in [-0.3, -0.25) is 0 Å².